The Bertz CT molecular complexity index is 566. The Morgan fingerprint density at radius 3 is 2.69 bits per heavy atom. The first-order valence-corrected chi connectivity index (χ1v) is 9.16. The molecule has 7 nitrogen and oxygen atoms in total. The van der Waals surface area contributed by atoms with Gasteiger partial charge in [-0.15, -0.1) is 0 Å². The largest absolute Gasteiger partial charge is 0.387 e. The van der Waals surface area contributed by atoms with E-state index in [1.807, 2.05) is 30.3 Å². The van der Waals surface area contributed by atoms with Crippen molar-refractivity contribution in [3.05, 3.63) is 35.9 Å². The Morgan fingerprint density at radius 2 is 1.88 bits per heavy atom. The van der Waals surface area contributed by atoms with Crippen molar-refractivity contribution < 1.29 is 29.2 Å². The number of hydrogen-bond donors (Lipinski definition) is 3. The number of benzene rings is 1. The molecular weight excluding hydrogens is 338 g/mol. The number of carbonyl (C=O) groups excluding carboxylic acids is 1. The normalized spacial score (nSPS) is 31.8. The average Bonchev–Trinajstić information content (AvgIpc) is 2.79. The Morgan fingerprint density at radius 1 is 1.12 bits per heavy atom. The van der Waals surface area contributed by atoms with E-state index in [1.165, 1.54) is 0 Å². The van der Waals surface area contributed by atoms with Crippen LogP contribution in [0.4, 0.5) is 0 Å². The Labute approximate surface area is 153 Å². The van der Waals surface area contributed by atoms with Crippen LogP contribution >= 0.6 is 0 Å². The van der Waals surface area contributed by atoms with Gasteiger partial charge in [0.15, 0.2) is 6.29 Å². The van der Waals surface area contributed by atoms with Gasteiger partial charge in [0.1, 0.15) is 24.1 Å². The Hall–Kier alpha value is -1.35. The molecule has 0 aliphatic carbocycles. The second-order valence-electron chi connectivity index (χ2n) is 6.75. The zero-order chi connectivity index (χ0) is 18.4. The number of fused-ring (bicyclic) bond motifs is 6. The van der Waals surface area contributed by atoms with Gasteiger partial charge < -0.3 is 29.7 Å². The molecular formula is C19H27NO6. The lowest BCUT2D eigenvalue weighted by molar-refractivity contribution is -0.295. The minimum absolute atomic E-state index is 0.0660. The maximum absolute atomic E-state index is 12.1. The van der Waals surface area contributed by atoms with Gasteiger partial charge >= 0.3 is 0 Å². The van der Waals surface area contributed by atoms with Crippen molar-refractivity contribution in [1.29, 1.82) is 0 Å². The number of carbonyl (C=O) groups is 1. The SMILES string of the molecule is O=C(CCC1OC2OCCCOC1C(O)C2O)CNCc1ccccc1. The summed E-state index contributed by atoms with van der Waals surface area (Å²) in [6.07, 6.45) is -2.82. The number of ether oxygens (including phenoxy) is 3. The van der Waals surface area contributed by atoms with Crippen molar-refractivity contribution in [3.8, 4) is 0 Å². The minimum atomic E-state index is -1.14. The molecule has 3 N–H and O–H groups in total. The van der Waals surface area contributed by atoms with Crippen LogP contribution in [-0.2, 0) is 25.5 Å². The van der Waals surface area contributed by atoms with Crippen LogP contribution in [0.25, 0.3) is 0 Å². The fourth-order valence-corrected chi connectivity index (χ4v) is 3.29. The Balaban J connectivity index is 1.46. The van der Waals surface area contributed by atoms with Crippen LogP contribution in [0.1, 0.15) is 24.8 Å². The third-order valence-corrected chi connectivity index (χ3v) is 4.72. The van der Waals surface area contributed by atoms with Crippen LogP contribution in [0.5, 0.6) is 0 Å². The molecule has 26 heavy (non-hydrogen) atoms. The van der Waals surface area contributed by atoms with Crippen molar-refractivity contribution in [1.82, 2.24) is 5.32 Å². The van der Waals surface area contributed by atoms with Crippen LogP contribution in [0.2, 0.25) is 0 Å². The summed E-state index contributed by atoms with van der Waals surface area (Å²) in [6, 6.07) is 9.89. The monoisotopic (exact) mass is 365 g/mol. The van der Waals surface area contributed by atoms with Crippen molar-refractivity contribution in [2.24, 2.45) is 0 Å². The number of hydrogen-bond acceptors (Lipinski definition) is 7. The molecule has 0 radical (unpaired) electrons. The predicted octanol–water partition coefficient (Wildman–Crippen LogP) is 0.378. The fourth-order valence-electron chi connectivity index (χ4n) is 3.29. The summed E-state index contributed by atoms with van der Waals surface area (Å²) < 4.78 is 16.9. The Kier molecular flexibility index (Phi) is 7.13. The maximum Gasteiger partial charge on any atom is 0.186 e. The molecule has 3 heterocycles. The van der Waals surface area contributed by atoms with E-state index in [2.05, 4.69) is 5.32 Å². The summed E-state index contributed by atoms with van der Waals surface area (Å²) in [4.78, 5) is 12.1. The van der Waals surface area contributed by atoms with E-state index in [9.17, 15) is 15.0 Å². The summed E-state index contributed by atoms with van der Waals surface area (Å²) in [5, 5.41) is 23.5. The number of Topliss-reactive ketones (excluding diaryl/α,β-unsaturated/α-hetero) is 1. The van der Waals surface area contributed by atoms with Crippen molar-refractivity contribution in [2.75, 3.05) is 19.8 Å². The van der Waals surface area contributed by atoms with Gasteiger partial charge in [0.2, 0.25) is 0 Å². The fraction of sp³-hybridized carbons (Fsp3) is 0.632. The van der Waals surface area contributed by atoms with Crippen LogP contribution in [0.15, 0.2) is 30.3 Å². The molecule has 5 atom stereocenters. The third-order valence-electron chi connectivity index (χ3n) is 4.72. The molecule has 144 valence electrons. The van der Waals surface area contributed by atoms with Gasteiger partial charge in [-0.3, -0.25) is 4.79 Å². The van der Waals surface area contributed by atoms with Gasteiger partial charge in [-0.2, -0.15) is 0 Å². The zero-order valence-corrected chi connectivity index (χ0v) is 14.8. The quantitative estimate of drug-likeness (QED) is 0.643. The van der Waals surface area contributed by atoms with Crippen LogP contribution < -0.4 is 5.32 Å². The van der Waals surface area contributed by atoms with Crippen molar-refractivity contribution in [3.63, 3.8) is 0 Å². The predicted molar refractivity (Wildman–Crippen MR) is 93.4 cm³/mol. The van der Waals surface area contributed by atoms with Crippen LogP contribution in [0.3, 0.4) is 0 Å². The van der Waals surface area contributed by atoms with E-state index >= 15 is 0 Å². The smallest absolute Gasteiger partial charge is 0.186 e. The lowest BCUT2D eigenvalue weighted by Crippen LogP contribution is -2.58. The molecule has 1 aromatic rings. The third kappa shape index (κ3) is 5.09. The van der Waals surface area contributed by atoms with Gasteiger partial charge in [0, 0.05) is 19.6 Å². The number of nitrogens with one attached hydrogen (secondary N) is 1. The average molecular weight is 365 g/mol. The van der Waals surface area contributed by atoms with Crippen LogP contribution in [-0.4, -0.2) is 66.5 Å². The minimum Gasteiger partial charge on any atom is -0.387 e. The molecule has 2 bridgehead atoms. The molecule has 5 unspecified atom stereocenters. The molecule has 3 saturated heterocycles. The molecule has 4 rings (SSSR count). The first-order valence-electron chi connectivity index (χ1n) is 9.16. The van der Waals surface area contributed by atoms with Crippen molar-refractivity contribution >= 4 is 5.78 Å². The standard InChI is InChI=1S/C19H27NO6/c21-14(12-20-11-13-5-2-1-3-6-13)7-8-15-18-16(22)17(23)19(26-15)25-10-4-9-24-18/h1-3,5-6,15-20,22-23H,4,7-12H2. The molecule has 3 aliphatic heterocycles. The summed E-state index contributed by atoms with van der Waals surface area (Å²) in [5.74, 6) is 0.0660. The lowest BCUT2D eigenvalue weighted by Gasteiger charge is -2.41. The summed E-state index contributed by atoms with van der Waals surface area (Å²) in [7, 11) is 0. The van der Waals surface area contributed by atoms with Crippen molar-refractivity contribution in [2.45, 2.75) is 56.5 Å². The maximum atomic E-state index is 12.1. The van der Waals surface area contributed by atoms with Gasteiger partial charge in [0.25, 0.3) is 0 Å². The van der Waals surface area contributed by atoms with E-state index in [0.29, 0.717) is 39.0 Å². The highest BCUT2D eigenvalue weighted by Crippen LogP contribution is 2.28. The number of aliphatic hydroxyl groups is 2. The van der Waals surface area contributed by atoms with E-state index in [4.69, 9.17) is 14.2 Å². The molecule has 1 aromatic carbocycles. The van der Waals surface area contributed by atoms with Crippen LogP contribution in [0, 0.1) is 0 Å². The van der Waals surface area contributed by atoms with Gasteiger partial charge in [-0.05, 0) is 18.4 Å². The second-order valence-corrected chi connectivity index (χ2v) is 6.75. The first kappa shape index (κ1) is 19.4. The highest BCUT2D eigenvalue weighted by atomic mass is 16.7. The van der Waals surface area contributed by atoms with E-state index in [0.717, 1.165) is 5.56 Å². The van der Waals surface area contributed by atoms with E-state index in [1.54, 1.807) is 0 Å². The molecule has 0 saturated carbocycles. The summed E-state index contributed by atoms with van der Waals surface area (Å²) in [6.45, 7) is 1.74. The lowest BCUT2D eigenvalue weighted by atomic mass is 9.95. The topological polar surface area (TPSA) is 97.3 Å². The second kappa shape index (κ2) is 9.55. The van der Waals surface area contributed by atoms with Gasteiger partial charge in [-0.1, -0.05) is 30.3 Å². The molecule has 0 amide bonds. The summed E-state index contributed by atoms with van der Waals surface area (Å²) in [5.41, 5.74) is 1.12. The molecule has 0 spiro atoms. The number of rotatable bonds is 7. The van der Waals surface area contributed by atoms with E-state index in [-0.39, 0.29) is 12.3 Å². The zero-order valence-electron chi connectivity index (χ0n) is 14.8. The molecule has 0 aromatic heterocycles. The molecule has 7 heteroatoms. The van der Waals surface area contributed by atoms with E-state index < -0.39 is 30.7 Å². The first-order chi connectivity index (χ1) is 12.6. The molecule has 3 aliphatic rings. The highest BCUT2D eigenvalue weighted by Gasteiger charge is 2.46. The van der Waals surface area contributed by atoms with Gasteiger partial charge in [-0.25, -0.2) is 0 Å². The summed E-state index contributed by atoms with van der Waals surface area (Å²) >= 11 is 0. The number of ketones is 1. The highest BCUT2D eigenvalue weighted by molar-refractivity contribution is 5.80. The van der Waals surface area contributed by atoms with Gasteiger partial charge in [0.05, 0.1) is 19.3 Å². The number of aliphatic hydroxyl groups excluding tert-OH is 2. The molecule has 3 fully saturated rings.